The molecule has 2 amide bonds. The molecule has 2 fully saturated rings. The maximum Gasteiger partial charge on any atom is 0.326 e. The fourth-order valence-electron chi connectivity index (χ4n) is 3.70. The van der Waals surface area contributed by atoms with Gasteiger partial charge >= 0.3 is 5.97 Å². The average Bonchev–Trinajstić information content (AvgIpc) is 2.98. The highest BCUT2D eigenvalue weighted by atomic mass is 16.4. The van der Waals surface area contributed by atoms with Crippen molar-refractivity contribution in [2.24, 2.45) is 0 Å². The van der Waals surface area contributed by atoms with Crippen molar-refractivity contribution in [3.8, 4) is 0 Å². The number of fused-ring (bicyclic) bond motifs is 1. The molecule has 2 aliphatic rings. The molecule has 25 heavy (non-hydrogen) atoms. The Balaban J connectivity index is 1.74. The molecule has 0 aromatic heterocycles. The third-order valence-electron chi connectivity index (χ3n) is 5.12. The maximum absolute atomic E-state index is 12.7. The van der Waals surface area contributed by atoms with Crippen LogP contribution in [0, 0.1) is 0 Å². The van der Waals surface area contributed by atoms with Crippen LogP contribution in [0.15, 0.2) is 24.3 Å². The van der Waals surface area contributed by atoms with Gasteiger partial charge < -0.3 is 14.9 Å². The number of hydrogen-bond donors (Lipinski definition) is 1. The number of carboxylic acids is 1. The predicted molar refractivity (Wildman–Crippen MR) is 92.3 cm³/mol. The molecule has 2 heterocycles. The summed E-state index contributed by atoms with van der Waals surface area (Å²) in [4.78, 5) is 39.4. The molecule has 0 radical (unpaired) electrons. The predicted octanol–water partition coefficient (Wildman–Crippen LogP) is 1.88. The molecule has 0 bridgehead atoms. The van der Waals surface area contributed by atoms with Crippen molar-refractivity contribution in [3.05, 3.63) is 35.4 Å². The van der Waals surface area contributed by atoms with Crippen LogP contribution in [0.4, 0.5) is 0 Å². The van der Waals surface area contributed by atoms with E-state index in [1.165, 1.54) is 4.90 Å². The molecule has 6 nitrogen and oxygen atoms in total. The molecule has 0 saturated carbocycles. The zero-order chi connectivity index (χ0) is 18.4. The van der Waals surface area contributed by atoms with Crippen molar-refractivity contribution in [2.75, 3.05) is 13.1 Å². The quantitative estimate of drug-likeness (QED) is 0.889. The van der Waals surface area contributed by atoms with Crippen LogP contribution < -0.4 is 0 Å². The molecular formula is C19H24N2O4. The maximum atomic E-state index is 12.7. The summed E-state index contributed by atoms with van der Waals surface area (Å²) in [6, 6.07) is 6.55. The summed E-state index contributed by atoms with van der Waals surface area (Å²) in [5, 5.41) is 9.24. The topological polar surface area (TPSA) is 77.9 Å². The SMILES string of the molecule is CC(C)(C)c1ccc(C(=O)N2CC(=O)N3C(CCC3C(=O)O)C2)cc1. The fourth-order valence-corrected chi connectivity index (χ4v) is 3.70. The first-order valence-electron chi connectivity index (χ1n) is 8.62. The Hall–Kier alpha value is -2.37. The van der Waals surface area contributed by atoms with Gasteiger partial charge in [-0.15, -0.1) is 0 Å². The first-order valence-corrected chi connectivity index (χ1v) is 8.62. The molecule has 1 aromatic carbocycles. The zero-order valence-electron chi connectivity index (χ0n) is 14.9. The lowest BCUT2D eigenvalue weighted by Gasteiger charge is -2.38. The van der Waals surface area contributed by atoms with Gasteiger partial charge in [-0.05, 0) is 36.0 Å². The molecule has 2 aliphatic heterocycles. The minimum atomic E-state index is -0.964. The van der Waals surface area contributed by atoms with Gasteiger partial charge in [0.15, 0.2) is 0 Å². The van der Waals surface area contributed by atoms with Crippen LogP contribution in [0.25, 0.3) is 0 Å². The first-order chi connectivity index (χ1) is 11.7. The second kappa shape index (κ2) is 6.17. The zero-order valence-corrected chi connectivity index (χ0v) is 14.9. The summed E-state index contributed by atoms with van der Waals surface area (Å²) in [5.74, 6) is -1.42. The number of hydrogen-bond acceptors (Lipinski definition) is 3. The monoisotopic (exact) mass is 344 g/mol. The van der Waals surface area contributed by atoms with Crippen LogP contribution in [-0.4, -0.2) is 57.9 Å². The van der Waals surface area contributed by atoms with E-state index in [2.05, 4.69) is 20.8 Å². The van der Waals surface area contributed by atoms with Gasteiger partial charge in [0, 0.05) is 12.1 Å². The molecule has 2 atom stereocenters. The molecule has 2 unspecified atom stereocenters. The largest absolute Gasteiger partial charge is 0.480 e. The van der Waals surface area contributed by atoms with Crippen molar-refractivity contribution in [2.45, 2.75) is 51.1 Å². The number of carbonyl (C=O) groups excluding carboxylic acids is 2. The lowest BCUT2D eigenvalue weighted by molar-refractivity contribution is -0.152. The first kappa shape index (κ1) is 17.5. The second-order valence-electron chi connectivity index (χ2n) is 7.90. The van der Waals surface area contributed by atoms with Crippen molar-refractivity contribution < 1.29 is 19.5 Å². The molecule has 0 aliphatic carbocycles. The van der Waals surface area contributed by atoms with Crippen LogP contribution in [0.3, 0.4) is 0 Å². The normalized spacial score (nSPS) is 23.6. The minimum Gasteiger partial charge on any atom is -0.480 e. The number of nitrogens with zero attached hydrogens (tertiary/aromatic N) is 2. The molecule has 3 rings (SSSR count). The summed E-state index contributed by atoms with van der Waals surface area (Å²) < 4.78 is 0. The van der Waals surface area contributed by atoms with E-state index in [9.17, 15) is 19.5 Å². The smallest absolute Gasteiger partial charge is 0.326 e. The Morgan fingerprint density at radius 2 is 1.76 bits per heavy atom. The Morgan fingerprint density at radius 3 is 2.32 bits per heavy atom. The van der Waals surface area contributed by atoms with Gasteiger partial charge in [-0.25, -0.2) is 4.79 Å². The van der Waals surface area contributed by atoms with E-state index in [-0.39, 0.29) is 29.8 Å². The number of carbonyl (C=O) groups is 3. The number of benzene rings is 1. The van der Waals surface area contributed by atoms with Gasteiger partial charge in [-0.2, -0.15) is 0 Å². The van der Waals surface area contributed by atoms with E-state index >= 15 is 0 Å². The van der Waals surface area contributed by atoms with Gasteiger partial charge in [0.1, 0.15) is 12.6 Å². The van der Waals surface area contributed by atoms with E-state index < -0.39 is 12.0 Å². The highest BCUT2D eigenvalue weighted by Gasteiger charge is 2.45. The van der Waals surface area contributed by atoms with Crippen molar-refractivity contribution in [1.29, 1.82) is 0 Å². The summed E-state index contributed by atoms with van der Waals surface area (Å²) >= 11 is 0. The minimum absolute atomic E-state index is 0.0128. The van der Waals surface area contributed by atoms with Crippen LogP contribution >= 0.6 is 0 Å². The molecule has 0 spiro atoms. The van der Waals surface area contributed by atoms with E-state index in [0.29, 0.717) is 24.9 Å². The van der Waals surface area contributed by atoms with Crippen molar-refractivity contribution >= 4 is 17.8 Å². The van der Waals surface area contributed by atoms with Gasteiger partial charge in [0.05, 0.1) is 6.04 Å². The van der Waals surface area contributed by atoms with E-state index in [1.807, 2.05) is 12.1 Å². The number of rotatable bonds is 2. The summed E-state index contributed by atoms with van der Waals surface area (Å²) in [5.41, 5.74) is 1.71. The highest BCUT2D eigenvalue weighted by Crippen LogP contribution is 2.29. The van der Waals surface area contributed by atoms with Crippen LogP contribution in [0.2, 0.25) is 0 Å². The lowest BCUT2D eigenvalue weighted by atomic mass is 9.86. The van der Waals surface area contributed by atoms with Gasteiger partial charge in [-0.1, -0.05) is 32.9 Å². The Bertz CT molecular complexity index is 705. The highest BCUT2D eigenvalue weighted by molar-refractivity contribution is 5.98. The standard InChI is InChI=1S/C19H24N2O4/c1-19(2,3)13-6-4-12(5-7-13)17(23)20-10-14-8-9-15(18(24)25)21(14)16(22)11-20/h4-7,14-15H,8-11H2,1-3H3,(H,24,25). The van der Waals surface area contributed by atoms with Crippen LogP contribution in [0.5, 0.6) is 0 Å². The van der Waals surface area contributed by atoms with E-state index in [0.717, 1.165) is 5.56 Å². The lowest BCUT2D eigenvalue weighted by Crippen LogP contribution is -2.58. The van der Waals surface area contributed by atoms with E-state index in [1.54, 1.807) is 17.0 Å². The van der Waals surface area contributed by atoms with Gasteiger partial charge in [0.25, 0.3) is 5.91 Å². The van der Waals surface area contributed by atoms with E-state index in [4.69, 9.17) is 0 Å². The average molecular weight is 344 g/mol. The number of aliphatic carboxylic acids is 1. The Labute approximate surface area is 147 Å². The molecule has 2 saturated heterocycles. The fraction of sp³-hybridized carbons (Fsp3) is 0.526. The molecule has 134 valence electrons. The Morgan fingerprint density at radius 1 is 1.12 bits per heavy atom. The summed E-state index contributed by atoms with van der Waals surface area (Å²) in [7, 11) is 0. The van der Waals surface area contributed by atoms with Gasteiger partial charge in [0.2, 0.25) is 5.91 Å². The van der Waals surface area contributed by atoms with Crippen LogP contribution in [0.1, 0.15) is 49.5 Å². The third-order valence-corrected chi connectivity index (χ3v) is 5.12. The van der Waals surface area contributed by atoms with Crippen LogP contribution in [-0.2, 0) is 15.0 Å². The number of piperazine rings is 1. The summed E-state index contributed by atoms with van der Waals surface area (Å²) in [6.07, 6.45) is 1.07. The number of amides is 2. The van der Waals surface area contributed by atoms with Crippen molar-refractivity contribution in [3.63, 3.8) is 0 Å². The third kappa shape index (κ3) is 3.25. The van der Waals surface area contributed by atoms with Crippen molar-refractivity contribution in [1.82, 2.24) is 9.80 Å². The Kier molecular flexibility index (Phi) is 4.31. The molecular weight excluding hydrogens is 320 g/mol. The second-order valence-corrected chi connectivity index (χ2v) is 7.90. The molecule has 1 N–H and O–H groups in total. The molecule has 6 heteroatoms. The molecule has 1 aromatic rings. The summed E-state index contributed by atoms with van der Waals surface area (Å²) in [6.45, 7) is 6.68. The number of carboxylic acid groups (broad SMARTS) is 1. The van der Waals surface area contributed by atoms with Gasteiger partial charge in [-0.3, -0.25) is 9.59 Å².